The number of nitrogens with one attached hydrogen (secondary N) is 1. The summed E-state index contributed by atoms with van der Waals surface area (Å²) in [6.07, 6.45) is 4.39. The summed E-state index contributed by atoms with van der Waals surface area (Å²) in [5.74, 6) is 0.00493. The highest BCUT2D eigenvalue weighted by molar-refractivity contribution is 6.30. The second-order valence-electron chi connectivity index (χ2n) is 5.42. The molecule has 1 amide bonds. The Hall–Kier alpha value is -1.91. The minimum atomic E-state index is -0.211. The summed E-state index contributed by atoms with van der Waals surface area (Å²) in [5, 5.41) is 3.68. The normalized spacial score (nSPS) is 13.3. The van der Waals surface area contributed by atoms with E-state index in [0.717, 1.165) is 11.1 Å². The van der Waals surface area contributed by atoms with E-state index in [1.807, 2.05) is 43.3 Å². The van der Waals surface area contributed by atoms with Crippen LogP contribution in [0, 0.1) is 0 Å². The predicted molar refractivity (Wildman–Crippen MR) is 91.4 cm³/mol. The molecule has 122 valence electrons. The van der Waals surface area contributed by atoms with Crippen LogP contribution in [0.15, 0.2) is 48.8 Å². The molecule has 2 rings (SSSR count). The van der Waals surface area contributed by atoms with Crippen molar-refractivity contribution in [3.05, 3.63) is 64.9 Å². The van der Waals surface area contributed by atoms with Crippen LogP contribution in [0.3, 0.4) is 0 Å². The van der Waals surface area contributed by atoms with E-state index in [2.05, 4.69) is 10.3 Å². The number of rotatable bonds is 7. The molecule has 1 aromatic carbocycles. The van der Waals surface area contributed by atoms with Gasteiger partial charge in [0.15, 0.2) is 0 Å². The van der Waals surface area contributed by atoms with Crippen molar-refractivity contribution in [2.45, 2.75) is 31.9 Å². The zero-order chi connectivity index (χ0) is 16.7. The van der Waals surface area contributed by atoms with Crippen molar-refractivity contribution < 1.29 is 9.53 Å². The fraction of sp³-hybridized carbons (Fsp3) is 0.333. The molecule has 0 saturated heterocycles. The molecular formula is C18H21ClN2O2. The predicted octanol–water partition coefficient (Wildman–Crippen LogP) is 3.56. The number of ether oxygens (including phenoxy) is 1. The van der Waals surface area contributed by atoms with E-state index in [1.54, 1.807) is 19.5 Å². The van der Waals surface area contributed by atoms with E-state index in [1.165, 1.54) is 0 Å². The molecule has 0 bridgehead atoms. The van der Waals surface area contributed by atoms with Crippen LogP contribution in [-0.4, -0.2) is 24.0 Å². The molecule has 0 radical (unpaired) electrons. The summed E-state index contributed by atoms with van der Waals surface area (Å²) in [6.45, 7) is 1.94. The zero-order valence-electron chi connectivity index (χ0n) is 13.3. The lowest BCUT2D eigenvalue weighted by Gasteiger charge is -2.24. The van der Waals surface area contributed by atoms with Crippen LogP contribution < -0.4 is 5.32 Å². The van der Waals surface area contributed by atoms with Crippen molar-refractivity contribution in [2.75, 3.05) is 7.11 Å². The van der Waals surface area contributed by atoms with Gasteiger partial charge in [-0.15, -0.1) is 0 Å². The fourth-order valence-electron chi connectivity index (χ4n) is 2.49. The molecule has 0 saturated carbocycles. The van der Waals surface area contributed by atoms with Crippen LogP contribution in [0.1, 0.15) is 30.6 Å². The number of aryl methyl sites for hydroxylation is 1. The van der Waals surface area contributed by atoms with Crippen LogP contribution in [-0.2, 0) is 16.0 Å². The molecule has 0 aliphatic rings. The summed E-state index contributed by atoms with van der Waals surface area (Å²) >= 11 is 5.91. The second kappa shape index (κ2) is 8.65. The molecule has 5 heteroatoms. The van der Waals surface area contributed by atoms with Crippen LogP contribution in [0.2, 0.25) is 5.02 Å². The minimum absolute atomic E-state index is 0.00493. The molecule has 1 N–H and O–H groups in total. The van der Waals surface area contributed by atoms with Gasteiger partial charge in [-0.2, -0.15) is 0 Å². The van der Waals surface area contributed by atoms with Crippen LogP contribution in [0.4, 0.5) is 0 Å². The quantitative estimate of drug-likeness (QED) is 0.843. The Labute approximate surface area is 141 Å². The summed E-state index contributed by atoms with van der Waals surface area (Å²) < 4.78 is 5.54. The number of hydrogen-bond donors (Lipinski definition) is 1. The molecule has 0 aliphatic heterocycles. The number of benzene rings is 1. The lowest BCUT2D eigenvalue weighted by Crippen LogP contribution is -2.37. The Morgan fingerprint density at radius 3 is 2.48 bits per heavy atom. The third kappa shape index (κ3) is 5.34. The van der Waals surface area contributed by atoms with Gasteiger partial charge in [-0.1, -0.05) is 23.7 Å². The molecule has 2 atom stereocenters. The highest BCUT2D eigenvalue weighted by atomic mass is 35.5. The Kier molecular flexibility index (Phi) is 6.56. The molecule has 0 spiro atoms. The van der Waals surface area contributed by atoms with Gasteiger partial charge in [-0.25, -0.2) is 0 Å². The number of amides is 1. The minimum Gasteiger partial charge on any atom is -0.375 e. The molecule has 0 unspecified atom stereocenters. The van der Waals surface area contributed by atoms with E-state index in [-0.39, 0.29) is 18.1 Å². The van der Waals surface area contributed by atoms with Crippen molar-refractivity contribution in [1.29, 1.82) is 0 Å². The Balaban J connectivity index is 1.89. The zero-order valence-corrected chi connectivity index (χ0v) is 14.1. The highest BCUT2D eigenvalue weighted by Gasteiger charge is 2.20. The maximum atomic E-state index is 12.1. The van der Waals surface area contributed by atoms with Crippen LogP contribution in [0.5, 0.6) is 0 Å². The van der Waals surface area contributed by atoms with E-state index >= 15 is 0 Å². The van der Waals surface area contributed by atoms with E-state index in [0.29, 0.717) is 17.9 Å². The van der Waals surface area contributed by atoms with Gasteiger partial charge in [-0.3, -0.25) is 9.78 Å². The van der Waals surface area contributed by atoms with Gasteiger partial charge in [0.2, 0.25) is 5.91 Å². The monoisotopic (exact) mass is 332 g/mol. The average Bonchev–Trinajstić information content (AvgIpc) is 2.56. The van der Waals surface area contributed by atoms with Gasteiger partial charge in [-0.05, 0) is 48.7 Å². The second-order valence-corrected chi connectivity index (χ2v) is 5.86. The Bertz CT molecular complexity index is 617. The average molecular weight is 333 g/mol. The maximum Gasteiger partial charge on any atom is 0.220 e. The van der Waals surface area contributed by atoms with Gasteiger partial charge in [0.05, 0.1) is 6.04 Å². The summed E-state index contributed by atoms with van der Waals surface area (Å²) in [4.78, 5) is 16.1. The van der Waals surface area contributed by atoms with Crippen molar-refractivity contribution in [3.8, 4) is 0 Å². The number of carbonyl (C=O) groups is 1. The van der Waals surface area contributed by atoms with E-state index in [4.69, 9.17) is 16.3 Å². The number of halogens is 1. The first-order valence-corrected chi connectivity index (χ1v) is 7.94. The highest BCUT2D eigenvalue weighted by Crippen LogP contribution is 2.22. The maximum absolute atomic E-state index is 12.1. The smallest absolute Gasteiger partial charge is 0.220 e. The number of carbonyl (C=O) groups excluding carboxylic acids is 1. The summed E-state index contributed by atoms with van der Waals surface area (Å²) in [5.41, 5.74) is 2.09. The number of nitrogens with zero attached hydrogens (tertiary/aromatic N) is 1. The van der Waals surface area contributed by atoms with Gasteiger partial charge in [0, 0.05) is 30.9 Å². The molecule has 2 aromatic rings. The van der Waals surface area contributed by atoms with Gasteiger partial charge in [0.25, 0.3) is 0 Å². The third-order valence-corrected chi connectivity index (χ3v) is 3.94. The number of hydrogen-bond acceptors (Lipinski definition) is 3. The summed E-state index contributed by atoms with van der Waals surface area (Å²) in [7, 11) is 1.64. The molecular weight excluding hydrogens is 312 g/mol. The molecule has 23 heavy (non-hydrogen) atoms. The van der Waals surface area contributed by atoms with E-state index < -0.39 is 0 Å². The van der Waals surface area contributed by atoms with Crippen molar-refractivity contribution in [1.82, 2.24) is 10.3 Å². The molecule has 0 fully saturated rings. The standard InChI is InChI=1S/C18H21ClN2O2/c1-13(18(23-2)15-4-6-16(19)7-5-15)21-17(22)8-3-14-9-11-20-12-10-14/h4-7,9-13,18H,3,8H2,1-2H3,(H,21,22)/t13-,18+/m1/s1. The van der Waals surface area contributed by atoms with Crippen LogP contribution in [0.25, 0.3) is 0 Å². The van der Waals surface area contributed by atoms with Gasteiger partial charge < -0.3 is 10.1 Å². The van der Waals surface area contributed by atoms with Crippen LogP contribution >= 0.6 is 11.6 Å². The van der Waals surface area contributed by atoms with E-state index in [9.17, 15) is 4.79 Å². The SMILES string of the molecule is CO[C@H](c1ccc(Cl)cc1)[C@@H](C)NC(=O)CCc1ccncc1. The molecule has 1 heterocycles. The Morgan fingerprint density at radius 1 is 1.22 bits per heavy atom. The first kappa shape index (κ1) is 17.4. The van der Waals surface area contributed by atoms with Crippen molar-refractivity contribution in [3.63, 3.8) is 0 Å². The molecule has 4 nitrogen and oxygen atoms in total. The fourth-order valence-corrected chi connectivity index (χ4v) is 2.62. The topological polar surface area (TPSA) is 51.2 Å². The number of aromatic nitrogens is 1. The largest absolute Gasteiger partial charge is 0.375 e. The Morgan fingerprint density at radius 2 is 1.87 bits per heavy atom. The first-order chi connectivity index (χ1) is 11.1. The number of methoxy groups -OCH3 is 1. The summed E-state index contributed by atoms with van der Waals surface area (Å²) in [6, 6.07) is 11.2. The lowest BCUT2D eigenvalue weighted by atomic mass is 10.0. The van der Waals surface area contributed by atoms with Gasteiger partial charge >= 0.3 is 0 Å². The van der Waals surface area contributed by atoms with Gasteiger partial charge in [0.1, 0.15) is 6.10 Å². The molecule has 1 aromatic heterocycles. The number of pyridine rings is 1. The lowest BCUT2D eigenvalue weighted by molar-refractivity contribution is -0.122. The van der Waals surface area contributed by atoms with Crippen molar-refractivity contribution in [2.24, 2.45) is 0 Å². The first-order valence-electron chi connectivity index (χ1n) is 7.56. The third-order valence-electron chi connectivity index (χ3n) is 3.69. The molecule has 0 aliphatic carbocycles. The van der Waals surface area contributed by atoms with Crippen molar-refractivity contribution >= 4 is 17.5 Å².